The van der Waals surface area contributed by atoms with Gasteiger partial charge in [-0.05, 0) is 37.7 Å². The minimum Gasteiger partial charge on any atom is -0.477 e. The fourth-order valence-corrected chi connectivity index (χ4v) is 2.83. The van der Waals surface area contributed by atoms with E-state index in [4.69, 9.17) is 14.2 Å². The molecule has 0 spiro atoms. The van der Waals surface area contributed by atoms with Gasteiger partial charge in [0.05, 0.1) is 6.61 Å². The van der Waals surface area contributed by atoms with E-state index in [-0.39, 0.29) is 0 Å². The van der Waals surface area contributed by atoms with Crippen LogP contribution in [0.3, 0.4) is 0 Å². The number of hydrogen-bond acceptors (Lipinski definition) is 5. The van der Waals surface area contributed by atoms with E-state index in [0.717, 1.165) is 70.2 Å². The lowest BCUT2D eigenvalue weighted by Gasteiger charge is -2.21. The van der Waals surface area contributed by atoms with Gasteiger partial charge >= 0.3 is 0 Å². The summed E-state index contributed by atoms with van der Waals surface area (Å²) in [6.45, 7) is 7.55. The predicted octanol–water partition coefficient (Wildman–Crippen LogP) is 2.37. The van der Waals surface area contributed by atoms with Crippen LogP contribution in [0.4, 0.5) is 0 Å². The third-order valence-electron chi connectivity index (χ3n) is 4.42. The fraction of sp³-hybridized carbons (Fsp3) is 0.700. The van der Waals surface area contributed by atoms with Gasteiger partial charge in [0.25, 0.3) is 0 Å². The maximum Gasteiger partial charge on any atom is 0.218 e. The molecule has 0 radical (unpaired) electrons. The van der Waals surface area contributed by atoms with E-state index >= 15 is 0 Å². The Morgan fingerprint density at radius 2 is 2.15 bits per heavy atom. The summed E-state index contributed by atoms with van der Waals surface area (Å²) in [6, 6.07) is 3.93. The minimum atomic E-state index is 0.618. The maximum absolute atomic E-state index is 5.79. The Kier molecular flexibility index (Phi) is 10.6. The molecule has 1 aliphatic heterocycles. The average molecular weight is 379 g/mol. The van der Waals surface area contributed by atoms with Crippen molar-refractivity contribution in [3.05, 3.63) is 23.9 Å². The zero-order valence-electron chi connectivity index (χ0n) is 16.7. The number of pyridine rings is 1. The first-order valence-corrected chi connectivity index (χ1v) is 10.00. The number of hydrogen-bond donors (Lipinski definition) is 2. The van der Waals surface area contributed by atoms with Crippen LogP contribution in [-0.4, -0.2) is 57.6 Å². The molecule has 0 aromatic carbocycles. The molecule has 0 unspecified atom stereocenters. The molecular weight excluding hydrogens is 344 g/mol. The Morgan fingerprint density at radius 3 is 2.93 bits per heavy atom. The third kappa shape index (κ3) is 8.58. The molecule has 0 atom stereocenters. The highest BCUT2D eigenvalue weighted by Gasteiger charge is 2.13. The number of aliphatic imine (C=N–C) groups is 1. The van der Waals surface area contributed by atoms with E-state index in [1.54, 1.807) is 13.2 Å². The van der Waals surface area contributed by atoms with Gasteiger partial charge in [-0.15, -0.1) is 0 Å². The van der Waals surface area contributed by atoms with E-state index in [1.807, 2.05) is 12.1 Å². The molecule has 2 rings (SSSR count). The van der Waals surface area contributed by atoms with Gasteiger partial charge < -0.3 is 24.8 Å². The molecule has 0 amide bonds. The van der Waals surface area contributed by atoms with Crippen molar-refractivity contribution >= 4 is 5.96 Å². The van der Waals surface area contributed by atoms with Crippen molar-refractivity contribution < 1.29 is 14.2 Å². The van der Waals surface area contributed by atoms with Crippen molar-refractivity contribution in [1.82, 2.24) is 15.6 Å². The first-order valence-electron chi connectivity index (χ1n) is 10.00. The molecule has 1 aliphatic rings. The number of rotatable bonds is 11. The summed E-state index contributed by atoms with van der Waals surface area (Å²) in [4.78, 5) is 8.57. The van der Waals surface area contributed by atoms with Gasteiger partial charge in [-0.2, -0.15) is 0 Å². The van der Waals surface area contributed by atoms with Crippen LogP contribution in [0.25, 0.3) is 0 Å². The molecule has 0 saturated carbocycles. The molecule has 2 N–H and O–H groups in total. The number of ether oxygens (including phenoxy) is 3. The summed E-state index contributed by atoms with van der Waals surface area (Å²) in [5.41, 5.74) is 1.02. The summed E-state index contributed by atoms with van der Waals surface area (Å²) in [5, 5.41) is 6.63. The fourth-order valence-electron chi connectivity index (χ4n) is 2.83. The quantitative estimate of drug-likeness (QED) is 0.350. The van der Waals surface area contributed by atoms with Gasteiger partial charge in [-0.1, -0.05) is 13.0 Å². The highest BCUT2D eigenvalue weighted by Crippen LogP contribution is 2.15. The van der Waals surface area contributed by atoms with E-state index in [2.05, 4.69) is 27.5 Å². The molecule has 1 aromatic rings. The Morgan fingerprint density at radius 1 is 1.30 bits per heavy atom. The van der Waals surface area contributed by atoms with Gasteiger partial charge in [-0.25, -0.2) is 4.98 Å². The van der Waals surface area contributed by atoms with Crippen LogP contribution < -0.4 is 15.4 Å². The van der Waals surface area contributed by atoms with Crippen LogP contribution in [0.1, 0.15) is 38.2 Å². The molecule has 2 heterocycles. The molecule has 152 valence electrons. The van der Waals surface area contributed by atoms with Gasteiger partial charge in [0.1, 0.15) is 0 Å². The van der Waals surface area contributed by atoms with E-state index in [9.17, 15) is 0 Å². The average Bonchev–Trinajstić information content (AvgIpc) is 2.72. The van der Waals surface area contributed by atoms with Crippen LogP contribution >= 0.6 is 0 Å². The normalized spacial score (nSPS) is 15.6. The second-order valence-electron chi connectivity index (χ2n) is 6.65. The Bertz CT molecular complexity index is 548. The second kappa shape index (κ2) is 13.3. The van der Waals surface area contributed by atoms with Crippen LogP contribution in [0, 0.1) is 5.92 Å². The highest BCUT2D eigenvalue weighted by molar-refractivity contribution is 5.79. The largest absolute Gasteiger partial charge is 0.477 e. The number of aromatic nitrogens is 1. The Hall–Kier alpha value is -1.86. The second-order valence-corrected chi connectivity index (χ2v) is 6.65. The Labute approximate surface area is 162 Å². The summed E-state index contributed by atoms with van der Waals surface area (Å²) in [6.07, 6.45) is 5.90. The smallest absolute Gasteiger partial charge is 0.218 e. The van der Waals surface area contributed by atoms with Crippen LogP contribution in [-0.2, 0) is 16.0 Å². The zero-order chi connectivity index (χ0) is 19.2. The van der Waals surface area contributed by atoms with Gasteiger partial charge in [-0.3, -0.25) is 4.99 Å². The first kappa shape index (κ1) is 21.4. The Balaban J connectivity index is 1.60. The lowest BCUT2D eigenvalue weighted by Crippen LogP contribution is -2.37. The summed E-state index contributed by atoms with van der Waals surface area (Å²) in [5.74, 6) is 2.11. The van der Waals surface area contributed by atoms with Gasteiger partial charge in [0.15, 0.2) is 5.96 Å². The number of nitrogens with one attached hydrogen (secondary N) is 2. The maximum atomic E-state index is 5.79. The predicted molar refractivity (Wildman–Crippen MR) is 107 cm³/mol. The van der Waals surface area contributed by atoms with Gasteiger partial charge in [0.2, 0.25) is 5.88 Å². The SMILES string of the molecule is CCCOc1ncccc1CNC(=NC)NCCCOCC1CCOCC1. The van der Waals surface area contributed by atoms with Crippen molar-refractivity contribution in [3.8, 4) is 5.88 Å². The van der Waals surface area contributed by atoms with Crippen molar-refractivity contribution in [3.63, 3.8) is 0 Å². The van der Waals surface area contributed by atoms with Crippen LogP contribution in [0.2, 0.25) is 0 Å². The summed E-state index contributed by atoms with van der Waals surface area (Å²) >= 11 is 0. The highest BCUT2D eigenvalue weighted by atomic mass is 16.5. The lowest BCUT2D eigenvalue weighted by atomic mass is 10.0. The molecular formula is C20H34N4O3. The third-order valence-corrected chi connectivity index (χ3v) is 4.42. The van der Waals surface area contributed by atoms with Crippen molar-refractivity contribution in [1.29, 1.82) is 0 Å². The zero-order valence-corrected chi connectivity index (χ0v) is 16.7. The van der Waals surface area contributed by atoms with Gasteiger partial charge in [0, 0.05) is 58.3 Å². The molecule has 1 aromatic heterocycles. The molecule has 7 heteroatoms. The minimum absolute atomic E-state index is 0.618. The van der Waals surface area contributed by atoms with Crippen molar-refractivity contribution in [2.45, 2.75) is 39.2 Å². The van der Waals surface area contributed by atoms with Crippen LogP contribution in [0.5, 0.6) is 5.88 Å². The van der Waals surface area contributed by atoms with E-state index in [1.165, 1.54) is 0 Å². The monoisotopic (exact) mass is 378 g/mol. The molecule has 1 fully saturated rings. The first-order chi connectivity index (χ1) is 13.3. The number of guanidine groups is 1. The van der Waals surface area contributed by atoms with Crippen LogP contribution in [0.15, 0.2) is 23.3 Å². The summed E-state index contributed by atoms with van der Waals surface area (Å²) < 4.78 is 16.8. The van der Waals surface area contributed by atoms with E-state index < -0.39 is 0 Å². The topological polar surface area (TPSA) is 77.0 Å². The van der Waals surface area contributed by atoms with Crippen molar-refractivity contribution in [2.75, 3.05) is 46.6 Å². The van der Waals surface area contributed by atoms with Crippen molar-refractivity contribution in [2.24, 2.45) is 10.9 Å². The molecule has 1 saturated heterocycles. The molecule has 27 heavy (non-hydrogen) atoms. The van der Waals surface area contributed by atoms with E-state index in [0.29, 0.717) is 24.9 Å². The molecule has 0 aliphatic carbocycles. The number of nitrogens with zero attached hydrogens (tertiary/aromatic N) is 2. The summed E-state index contributed by atoms with van der Waals surface area (Å²) in [7, 11) is 1.77. The lowest BCUT2D eigenvalue weighted by molar-refractivity contribution is 0.0203. The standard InChI is InChI=1S/C20H34N4O3/c1-3-11-27-19-18(6-4-9-22-19)15-24-20(21-2)23-10-5-12-26-16-17-7-13-25-14-8-17/h4,6,9,17H,3,5,7-8,10-16H2,1-2H3,(H2,21,23,24). The molecule has 0 bridgehead atoms. The molecule has 7 nitrogen and oxygen atoms in total.